The second-order valence-electron chi connectivity index (χ2n) is 3.44. The molecular formula is C10H15NO2. The van der Waals surface area contributed by atoms with Gasteiger partial charge in [-0.15, -0.1) is 0 Å². The van der Waals surface area contributed by atoms with Gasteiger partial charge in [-0.2, -0.15) is 0 Å². The fraction of sp³-hybridized carbons (Fsp3) is 0.600. The van der Waals surface area contributed by atoms with Crippen molar-refractivity contribution in [2.75, 3.05) is 6.54 Å². The summed E-state index contributed by atoms with van der Waals surface area (Å²) in [7, 11) is 0. The van der Waals surface area contributed by atoms with Crippen LogP contribution in [0.4, 0.5) is 0 Å². The van der Waals surface area contributed by atoms with Gasteiger partial charge in [-0.05, 0) is 19.8 Å². The van der Waals surface area contributed by atoms with Crippen LogP contribution >= 0.6 is 0 Å². The van der Waals surface area contributed by atoms with Crippen LogP contribution in [0, 0.1) is 0 Å². The normalized spacial score (nSPS) is 18.2. The second kappa shape index (κ2) is 4.21. The molecule has 0 aliphatic carbocycles. The summed E-state index contributed by atoms with van der Waals surface area (Å²) in [6.45, 7) is 5.75. The van der Waals surface area contributed by atoms with E-state index in [2.05, 4.69) is 6.58 Å². The van der Waals surface area contributed by atoms with Crippen LogP contribution in [0.5, 0.6) is 0 Å². The Labute approximate surface area is 78.4 Å². The molecule has 0 bridgehead atoms. The molecule has 0 saturated carbocycles. The van der Waals surface area contributed by atoms with Gasteiger partial charge in [0.25, 0.3) is 5.91 Å². The number of rotatable bonds is 1. The monoisotopic (exact) mass is 181 g/mol. The summed E-state index contributed by atoms with van der Waals surface area (Å²) in [5.74, 6) is -0.266. The summed E-state index contributed by atoms with van der Waals surface area (Å²) in [5.41, 5.74) is 0.440. The lowest BCUT2D eigenvalue weighted by atomic mass is 10.2. The predicted octanol–water partition coefficient (Wildman–Crippen LogP) is 1.49. The minimum absolute atomic E-state index is 0.0505. The Morgan fingerprint density at radius 1 is 1.38 bits per heavy atom. The van der Waals surface area contributed by atoms with Gasteiger partial charge in [0, 0.05) is 18.5 Å². The van der Waals surface area contributed by atoms with Crippen molar-refractivity contribution in [1.82, 2.24) is 4.90 Å². The van der Waals surface area contributed by atoms with E-state index in [0.29, 0.717) is 18.5 Å². The van der Waals surface area contributed by atoms with Gasteiger partial charge in [-0.25, -0.2) is 0 Å². The Bertz CT molecular complexity index is 245. The summed E-state index contributed by atoms with van der Waals surface area (Å²) < 4.78 is 0. The molecule has 3 heteroatoms. The smallest absolute Gasteiger partial charge is 0.255 e. The van der Waals surface area contributed by atoms with Crippen molar-refractivity contribution in [3.05, 3.63) is 12.2 Å². The van der Waals surface area contributed by atoms with Gasteiger partial charge in [0.05, 0.1) is 0 Å². The summed E-state index contributed by atoms with van der Waals surface area (Å²) >= 11 is 0. The first-order valence-electron chi connectivity index (χ1n) is 4.63. The maximum atomic E-state index is 11.5. The molecule has 1 rings (SSSR count). The number of carbonyl (C=O) groups is 2. The summed E-state index contributed by atoms with van der Waals surface area (Å²) in [5, 5.41) is 0. The molecule has 2 amide bonds. The van der Waals surface area contributed by atoms with E-state index in [1.807, 2.05) is 0 Å². The van der Waals surface area contributed by atoms with Crippen molar-refractivity contribution >= 4 is 11.8 Å². The lowest BCUT2D eigenvalue weighted by molar-refractivity contribution is -0.142. The lowest BCUT2D eigenvalue weighted by Crippen LogP contribution is -2.36. The number of carbonyl (C=O) groups excluding carboxylic acids is 2. The van der Waals surface area contributed by atoms with Crippen LogP contribution in [0.15, 0.2) is 12.2 Å². The summed E-state index contributed by atoms with van der Waals surface area (Å²) in [4.78, 5) is 24.2. The zero-order valence-electron chi connectivity index (χ0n) is 8.01. The molecule has 1 saturated heterocycles. The van der Waals surface area contributed by atoms with Crippen molar-refractivity contribution in [2.45, 2.75) is 32.6 Å². The van der Waals surface area contributed by atoms with Crippen LogP contribution in [-0.2, 0) is 9.59 Å². The average molecular weight is 181 g/mol. The van der Waals surface area contributed by atoms with Gasteiger partial charge in [0.2, 0.25) is 5.91 Å². The maximum Gasteiger partial charge on any atom is 0.255 e. The van der Waals surface area contributed by atoms with Crippen molar-refractivity contribution < 1.29 is 9.59 Å². The third-order valence-corrected chi connectivity index (χ3v) is 2.18. The Balaban J connectivity index is 2.70. The molecule has 0 unspecified atom stereocenters. The van der Waals surface area contributed by atoms with Crippen molar-refractivity contribution in [3.8, 4) is 0 Å². The molecule has 0 aromatic carbocycles. The van der Waals surface area contributed by atoms with Crippen LogP contribution in [0.25, 0.3) is 0 Å². The van der Waals surface area contributed by atoms with E-state index in [9.17, 15) is 9.59 Å². The van der Waals surface area contributed by atoms with Crippen molar-refractivity contribution in [2.24, 2.45) is 0 Å². The topological polar surface area (TPSA) is 37.4 Å². The number of amides is 2. The minimum atomic E-state index is -0.216. The van der Waals surface area contributed by atoms with E-state index in [1.165, 1.54) is 4.90 Å². The zero-order chi connectivity index (χ0) is 9.84. The van der Waals surface area contributed by atoms with Gasteiger partial charge in [0.15, 0.2) is 0 Å². The van der Waals surface area contributed by atoms with Crippen LogP contribution < -0.4 is 0 Å². The quantitative estimate of drug-likeness (QED) is 0.575. The number of hydrogen-bond acceptors (Lipinski definition) is 2. The number of imide groups is 1. The molecule has 0 radical (unpaired) electrons. The highest BCUT2D eigenvalue weighted by Gasteiger charge is 2.22. The first-order valence-corrected chi connectivity index (χ1v) is 4.63. The Morgan fingerprint density at radius 2 is 2.08 bits per heavy atom. The molecular weight excluding hydrogens is 166 g/mol. The molecule has 0 spiro atoms. The molecule has 0 atom stereocenters. The van der Waals surface area contributed by atoms with E-state index in [4.69, 9.17) is 0 Å². The standard InChI is InChI=1S/C10H15NO2/c1-8(2)10(13)11-7-5-3-4-6-9(11)12/h1,3-7H2,2H3. The number of likely N-dealkylation sites (tertiary alicyclic amines) is 1. The predicted molar refractivity (Wildman–Crippen MR) is 50.0 cm³/mol. The maximum absolute atomic E-state index is 11.5. The van der Waals surface area contributed by atoms with E-state index in [-0.39, 0.29) is 11.8 Å². The molecule has 72 valence electrons. The number of nitrogens with zero attached hydrogens (tertiary/aromatic N) is 1. The van der Waals surface area contributed by atoms with E-state index < -0.39 is 0 Å². The van der Waals surface area contributed by atoms with Gasteiger partial charge in [-0.3, -0.25) is 14.5 Å². The van der Waals surface area contributed by atoms with Gasteiger partial charge in [0.1, 0.15) is 0 Å². The number of hydrogen-bond donors (Lipinski definition) is 0. The van der Waals surface area contributed by atoms with Gasteiger partial charge >= 0.3 is 0 Å². The first kappa shape index (κ1) is 9.96. The second-order valence-corrected chi connectivity index (χ2v) is 3.44. The molecule has 0 aromatic heterocycles. The van der Waals surface area contributed by atoms with Gasteiger partial charge in [-0.1, -0.05) is 13.0 Å². The molecule has 1 aliphatic heterocycles. The van der Waals surface area contributed by atoms with Crippen LogP contribution in [0.1, 0.15) is 32.6 Å². The highest BCUT2D eigenvalue weighted by atomic mass is 16.2. The zero-order valence-corrected chi connectivity index (χ0v) is 8.01. The van der Waals surface area contributed by atoms with E-state index in [1.54, 1.807) is 6.92 Å². The summed E-state index contributed by atoms with van der Waals surface area (Å²) in [6.07, 6.45) is 3.36. The van der Waals surface area contributed by atoms with E-state index >= 15 is 0 Å². The third-order valence-electron chi connectivity index (χ3n) is 2.18. The van der Waals surface area contributed by atoms with Crippen LogP contribution in [0.3, 0.4) is 0 Å². The molecule has 1 heterocycles. The Hall–Kier alpha value is -1.12. The highest BCUT2D eigenvalue weighted by Crippen LogP contribution is 2.12. The first-order chi connectivity index (χ1) is 6.13. The fourth-order valence-corrected chi connectivity index (χ4v) is 1.43. The molecule has 13 heavy (non-hydrogen) atoms. The molecule has 1 aliphatic rings. The molecule has 0 aromatic rings. The van der Waals surface area contributed by atoms with Crippen molar-refractivity contribution in [3.63, 3.8) is 0 Å². The Morgan fingerprint density at radius 3 is 2.69 bits per heavy atom. The molecule has 1 fully saturated rings. The lowest BCUT2D eigenvalue weighted by Gasteiger charge is -2.17. The summed E-state index contributed by atoms with van der Waals surface area (Å²) in [6, 6.07) is 0. The SMILES string of the molecule is C=C(C)C(=O)N1CCCCCC1=O. The Kier molecular flexibility index (Phi) is 3.23. The van der Waals surface area contributed by atoms with E-state index in [0.717, 1.165) is 19.3 Å². The average Bonchev–Trinajstić information content (AvgIpc) is 2.28. The van der Waals surface area contributed by atoms with Crippen LogP contribution in [0.2, 0.25) is 0 Å². The largest absolute Gasteiger partial charge is 0.279 e. The third kappa shape index (κ3) is 2.41. The highest BCUT2D eigenvalue weighted by molar-refractivity contribution is 6.03. The van der Waals surface area contributed by atoms with Crippen molar-refractivity contribution in [1.29, 1.82) is 0 Å². The molecule has 3 nitrogen and oxygen atoms in total. The minimum Gasteiger partial charge on any atom is -0.279 e. The molecule has 0 N–H and O–H groups in total. The van der Waals surface area contributed by atoms with Crippen LogP contribution in [-0.4, -0.2) is 23.3 Å². The van der Waals surface area contributed by atoms with Gasteiger partial charge < -0.3 is 0 Å². The fourth-order valence-electron chi connectivity index (χ4n) is 1.43.